The first-order valence-electron chi connectivity index (χ1n) is 9.95. The third kappa shape index (κ3) is 4.66. The predicted octanol–water partition coefficient (Wildman–Crippen LogP) is 1.82. The number of benzene rings is 1. The van der Waals surface area contributed by atoms with Crippen molar-refractivity contribution in [2.75, 3.05) is 23.7 Å². The van der Waals surface area contributed by atoms with Gasteiger partial charge in [-0.05, 0) is 49.9 Å². The summed E-state index contributed by atoms with van der Waals surface area (Å²) in [5.74, 6) is -0.0255. The Morgan fingerprint density at radius 2 is 1.79 bits per heavy atom. The lowest BCUT2D eigenvalue weighted by atomic mass is 9.89. The molecule has 0 aromatic heterocycles. The molecule has 1 aliphatic heterocycles. The van der Waals surface area contributed by atoms with Gasteiger partial charge in [0.15, 0.2) is 0 Å². The van der Waals surface area contributed by atoms with Gasteiger partial charge in [-0.1, -0.05) is 19.3 Å². The molecule has 0 radical (unpaired) electrons. The Morgan fingerprint density at radius 1 is 1.11 bits per heavy atom. The summed E-state index contributed by atoms with van der Waals surface area (Å²) in [6.07, 6.45) is 7.13. The first-order valence-corrected chi connectivity index (χ1v) is 11.8. The number of carbonyl (C=O) groups is 2. The summed E-state index contributed by atoms with van der Waals surface area (Å²) in [5, 5.41) is 5.72. The number of nitrogens with one attached hydrogen (secondary N) is 2. The average Bonchev–Trinajstić information content (AvgIpc) is 3.00. The lowest BCUT2D eigenvalue weighted by Crippen LogP contribution is -2.38. The Balaban J connectivity index is 1.52. The Labute approximate surface area is 166 Å². The molecule has 1 aromatic rings. The number of rotatable bonds is 6. The Bertz CT molecular complexity index is 847. The van der Waals surface area contributed by atoms with Crippen molar-refractivity contribution in [1.82, 2.24) is 10.6 Å². The van der Waals surface area contributed by atoms with E-state index >= 15 is 0 Å². The van der Waals surface area contributed by atoms with Crippen LogP contribution in [0.1, 0.15) is 54.9 Å². The van der Waals surface area contributed by atoms with E-state index in [1.54, 1.807) is 18.2 Å². The van der Waals surface area contributed by atoms with Crippen molar-refractivity contribution in [3.63, 3.8) is 0 Å². The van der Waals surface area contributed by atoms with Gasteiger partial charge >= 0.3 is 0 Å². The van der Waals surface area contributed by atoms with Crippen LogP contribution < -0.4 is 14.9 Å². The molecule has 0 spiro atoms. The molecule has 1 aromatic carbocycles. The van der Waals surface area contributed by atoms with Crippen LogP contribution in [-0.4, -0.2) is 45.6 Å². The molecule has 2 amide bonds. The van der Waals surface area contributed by atoms with Gasteiger partial charge in [0.2, 0.25) is 15.9 Å². The SMILES string of the molecule is CC1Cc2cc(C(=O)NCCNC(=O)C3CCCCC3)ccc2N1S(C)(=O)=O. The molecule has 1 atom stereocenters. The van der Waals surface area contributed by atoms with Crippen LogP contribution in [0.25, 0.3) is 0 Å². The largest absolute Gasteiger partial charge is 0.354 e. The summed E-state index contributed by atoms with van der Waals surface area (Å²) in [4.78, 5) is 24.5. The lowest BCUT2D eigenvalue weighted by molar-refractivity contribution is -0.125. The third-order valence-corrected chi connectivity index (χ3v) is 6.81. The summed E-state index contributed by atoms with van der Waals surface area (Å²) in [6, 6.07) is 4.94. The number of sulfonamides is 1. The van der Waals surface area contributed by atoms with Crippen LogP contribution in [0, 0.1) is 5.92 Å². The maximum Gasteiger partial charge on any atom is 0.251 e. The van der Waals surface area contributed by atoms with Gasteiger partial charge in [0.1, 0.15) is 0 Å². The van der Waals surface area contributed by atoms with E-state index in [-0.39, 0.29) is 23.8 Å². The monoisotopic (exact) mass is 407 g/mol. The zero-order valence-electron chi connectivity index (χ0n) is 16.5. The highest BCUT2D eigenvalue weighted by Gasteiger charge is 2.32. The van der Waals surface area contributed by atoms with Crippen LogP contribution in [0.2, 0.25) is 0 Å². The van der Waals surface area contributed by atoms with Crippen LogP contribution in [0.3, 0.4) is 0 Å². The predicted molar refractivity (Wildman–Crippen MR) is 109 cm³/mol. The van der Waals surface area contributed by atoms with E-state index in [1.165, 1.54) is 17.0 Å². The zero-order chi connectivity index (χ0) is 20.3. The van der Waals surface area contributed by atoms with Crippen molar-refractivity contribution >= 4 is 27.5 Å². The summed E-state index contributed by atoms with van der Waals surface area (Å²) >= 11 is 0. The molecule has 1 unspecified atom stereocenters. The quantitative estimate of drug-likeness (QED) is 0.703. The van der Waals surface area contributed by atoms with Crippen molar-refractivity contribution in [2.24, 2.45) is 5.92 Å². The fraction of sp³-hybridized carbons (Fsp3) is 0.600. The van der Waals surface area contributed by atoms with Gasteiger partial charge in [-0.2, -0.15) is 0 Å². The number of hydrogen-bond donors (Lipinski definition) is 2. The van der Waals surface area contributed by atoms with Crippen molar-refractivity contribution in [1.29, 1.82) is 0 Å². The minimum Gasteiger partial charge on any atom is -0.354 e. The summed E-state index contributed by atoms with van der Waals surface area (Å²) < 4.78 is 25.4. The minimum absolute atomic E-state index is 0.0846. The van der Waals surface area contributed by atoms with E-state index in [4.69, 9.17) is 0 Å². The first kappa shape index (κ1) is 20.6. The van der Waals surface area contributed by atoms with Crippen LogP contribution in [0.15, 0.2) is 18.2 Å². The fourth-order valence-electron chi connectivity index (χ4n) is 4.22. The molecule has 2 N–H and O–H groups in total. The molecule has 1 fully saturated rings. The Hall–Kier alpha value is -2.09. The second-order valence-corrected chi connectivity index (χ2v) is 9.70. The molecule has 7 nitrogen and oxygen atoms in total. The molecular weight excluding hydrogens is 378 g/mol. The molecule has 0 bridgehead atoms. The van der Waals surface area contributed by atoms with Crippen LogP contribution in [0.4, 0.5) is 5.69 Å². The second kappa shape index (κ2) is 8.51. The van der Waals surface area contributed by atoms with Gasteiger partial charge in [0.25, 0.3) is 5.91 Å². The van der Waals surface area contributed by atoms with Crippen molar-refractivity contribution in [3.8, 4) is 0 Å². The molecule has 154 valence electrons. The average molecular weight is 408 g/mol. The standard InChI is InChI=1S/C20H29N3O4S/c1-14-12-17-13-16(8-9-18(17)23(14)28(2,26)27)20(25)22-11-10-21-19(24)15-6-4-3-5-7-15/h8-9,13-15H,3-7,10-12H2,1-2H3,(H,21,24)(H,22,25). The van der Waals surface area contributed by atoms with Gasteiger partial charge in [-0.25, -0.2) is 8.42 Å². The summed E-state index contributed by atoms with van der Waals surface area (Å²) in [5.41, 5.74) is 2.00. The van der Waals surface area contributed by atoms with E-state index in [1.807, 2.05) is 6.92 Å². The molecule has 3 rings (SSSR count). The number of nitrogens with zero attached hydrogens (tertiary/aromatic N) is 1. The summed E-state index contributed by atoms with van der Waals surface area (Å²) in [6.45, 7) is 2.63. The molecular formula is C20H29N3O4S. The molecule has 2 aliphatic rings. The molecule has 28 heavy (non-hydrogen) atoms. The molecule has 0 saturated heterocycles. The maximum absolute atomic E-state index is 12.4. The van der Waals surface area contributed by atoms with E-state index < -0.39 is 10.0 Å². The van der Waals surface area contributed by atoms with Crippen LogP contribution >= 0.6 is 0 Å². The Kier molecular flexibility index (Phi) is 6.27. The van der Waals surface area contributed by atoms with E-state index in [0.717, 1.165) is 31.2 Å². The minimum atomic E-state index is -3.34. The van der Waals surface area contributed by atoms with Crippen molar-refractivity contribution < 1.29 is 18.0 Å². The molecule has 8 heteroatoms. The van der Waals surface area contributed by atoms with Crippen LogP contribution in [-0.2, 0) is 21.2 Å². The normalized spacial score (nSPS) is 19.9. The van der Waals surface area contributed by atoms with Gasteiger partial charge in [0.05, 0.1) is 11.9 Å². The zero-order valence-corrected chi connectivity index (χ0v) is 17.3. The number of fused-ring (bicyclic) bond motifs is 1. The Morgan fingerprint density at radius 3 is 2.46 bits per heavy atom. The highest BCUT2D eigenvalue weighted by atomic mass is 32.2. The van der Waals surface area contributed by atoms with E-state index in [0.29, 0.717) is 30.8 Å². The summed E-state index contributed by atoms with van der Waals surface area (Å²) in [7, 11) is -3.34. The second-order valence-electron chi connectivity index (χ2n) is 7.84. The number of anilines is 1. The topological polar surface area (TPSA) is 95.6 Å². The number of amides is 2. The molecule has 1 aliphatic carbocycles. The first-order chi connectivity index (χ1) is 13.3. The maximum atomic E-state index is 12.4. The van der Waals surface area contributed by atoms with Crippen molar-refractivity contribution in [3.05, 3.63) is 29.3 Å². The van der Waals surface area contributed by atoms with E-state index in [2.05, 4.69) is 10.6 Å². The smallest absolute Gasteiger partial charge is 0.251 e. The molecule has 1 saturated carbocycles. The van der Waals surface area contributed by atoms with Crippen molar-refractivity contribution in [2.45, 2.75) is 51.5 Å². The van der Waals surface area contributed by atoms with Gasteiger partial charge in [-0.3, -0.25) is 13.9 Å². The number of carbonyl (C=O) groups excluding carboxylic acids is 2. The highest BCUT2D eigenvalue weighted by Crippen LogP contribution is 2.34. The third-order valence-electron chi connectivity index (χ3n) is 5.54. The van der Waals surface area contributed by atoms with Gasteiger partial charge < -0.3 is 10.6 Å². The molecule has 1 heterocycles. The van der Waals surface area contributed by atoms with E-state index in [9.17, 15) is 18.0 Å². The van der Waals surface area contributed by atoms with Crippen LogP contribution in [0.5, 0.6) is 0 Å². The highest BCUT2D eigenvalue weighted by molar-refractivity contribution is 7.92. The van der Waals surface area contributed by atoms with Gasteiger partial charge in [-0.15, -0.1) is 0 Å². The lowest BCUT2D eigenvalue weighted by Gasteiger charge is -2.22. The fourth-order valence-corrected chi connectivity index (χ4v) is 5.49. The van der Waals surface area contributed by atoms with Gasteiger partial charge in [0, 0.05) is 30.6 Å². The number of hydrogen-bond acceptors (Lipinski definition) is 4.